The molecular weight excluding hydrogens is 268 g/mol. The van der Waals surface area contributed by atoms with E-state index in [2.05, 4.69) is 22.9 Å². The molecule has 0 aliphatic carbocycles. The van der Waals surface area contributed by atoms with Gasteiger partial charge in [-0.25, -0.2) is 4.98 Å². The molecule has 0 bridgehead atoms. The Morgan fingerprint density at radius 2 is 2.06 bits per heavy atom. The fraction of sp³-hybridized carbons (Fsp3) is 0.615. The number of pyridine rings is 1. The monoisotopic (exact) mass is 290 g/mol. The first kappa shape index (κ1) is 17.6. The number of aromatic nitrogens is 1. The van der Waals surface area contributed by atoms with E-state index in [4.69, 9.17) is 4.74 Å². The first-order valence-electron chi connectivity index (χ1n) is 6.20. The topological polar surface area (TPSA) is 34.1 Å². The van der Waals surface area contributed by atoms with Gasteiger partial charge in [-0.15, -0.1) is 12.4 Å². The fourth-order valence-corrected chi connectivity index (χ4v) is 1.61. The maximum atomic E-state index is 5.54. The average molecular weight is 291 g/mol. The van der Waals surface area contributed by atoms with Crippen molar-refractivity contribution in [2.75, 3.05) is 25.4 Å². The molecule has 0 aromatic carbocycles. The molecule has 1 aromatic rings. The maximum absolute atomic E-state index is 5.54. The Bertz CT molecular complexity index is 296. The lowest BCUT2D eigenvalue weighted by molar-refractivity contribution is 0.293. The first-order valence-corrected chi connectivity index (χ1v) is 6.83. The van der Waals surface area contributed by atoms with E-state index < -0.39 is 0 Å². The normalized spacial score (nSPS) is 9.89. The second kappa shape index (κ2) is 11.6. The third-order valence-corrected chi connectivity index (χ3v) is 2.64. The van der Waals surface area contributed by atoms with Gasteiger partial charge in [0.25, 0.3) is 0 Å². The van der Waals surface area contributed by atoms with Crippen LogP contribution in [-0.4, -0.2) is 30.4 Å². The van der Waals surface area contributed by atoms with Gasteiger partial charge in [0, 0.05) is 24.6 Å². The Morgan fingerprint density at radius 1 is 1.22 bits per heavy atom. The highest BCUT2D eigenvalue weighted by Crippen LogP contribution is 2.07. The summed E-state index contributed by atoms with van der Waals surface area (Å²) in [5.74, 6) is 1.63. The Labute approximate surface area is 122 Å². The second-order valence-corrected chi connectivity index (χ2v) is 4.50. The van der Waals surface area contributed by atoms with Gasteiger partial charge >= 0.3 is 0 Å². The van der Waals surface area contributed by atoms with Gasteiger partial charge in [-0.2, -0.15) is 12.6 Å². The highest BCUT2D eigenvalue weighted by molar-refractivity contribution is 7.80. The summed E-state index contributed by atoms with van der Waals surface area (Å²) in [7, 11) is 0. The molecule has 5 heteroatoms. The molecule has 0 radical (unpaired) electrons. The van der Waals surface area contributed by atoms with Crippen molar-refractivity contribution in [2.24, 2.45) is 0 Å². The van der Waals surface area contributed by atoms with Crippen molar-refractivity contribution in [3.63, 3.8) is 0 Å². The standard InChI is InChI=1S/C13H22N2OS.ClH/c1-12-5-6-13(15-11-12)16-9-4-2-3-7-14-8-10-17;/h5-6,11,14,17H,2-4,7-10H2,1H3;1H. The molecule has 0 fully saturated rings. The number of nitrogens with one attached hydrogen (secondary N) is 1. The molecular formula is C13H23ClN2OS. The Balaban J connectivity index is 0.00000289. The van der Waals surface area contributed by atoms with Crippen molar-refractivity contribution in [2.45, 2.75) is 26.2 Å². The quantitative estimate of drug-likeness (QED) is 0.542. The van der Waals surface area contributed by atoms with E-state index in [0.717, 1.165) is 43.3 Å². The van der Waals surface area contributed by atoms with Crippen molar-refractivity contribution in [1.82, 2.24) is 10.3 Å². The molecule has 0 atom stereocenters. The van der Waals surface area contributed by atoms with Crippen LogP contribution in [0.1, 0.15) is 24.8 Å². The number of halogens is 1. The van der Waals surface area contributed by atoms with Crippen LogP contribution in [0.5, 0.6) is 5.88 Å². The van der Waals surface area contributed by atoms with E-state index >= 15 is 0 Å². The smallest absolute Gasteiger partial charge is 0.213 e. The summed E-state index contributed by atoms with van der Waals surface area (Å²) in [4.78, 5) is 4.19. The average Bonchev–Trinajstić information content (AvgIpc) is 2.35. The van der Waals surface area contributed by atoms with Crippen molar-refractivity contribution in [1.29, 1.82) is 0 Å². The third kappa shape index (κ3) is 8.61. The molecule has 1 aromatic heterocycles. The van der Waals surface area contributed by atoms with Crippen molar-refractivity contribution < 1.29 is 4.74 Å². The predicted octanol–water partition coefficient (Wildman–Crippen LogP) is 2.88. The summed E-state index contributed by atoms with van der Waals surface area (Å²) in [6, 6.07) is 3.94. The van der Waals surface area contributed by atoms with Crippen LogP contribution in [0.15, 0.2) is 18.3 Å². The maximum Gasteiger partial charge on any atom is 0.213 e. The van der Waals surface area contributed by atoms with E-state index in [1.54, 1.807) is 0 Å². The summed E-state index contributed by atoms with van der Waals surface area (Å²) >= 11 is 4.14. The molecule has 0 amide bonds. The van der Waals surface area contributed by atoms with Crippen LogP contribution in [0.25, 0.3) is 0 Å². The van der Waals surface area contributed by atoms with Crippen LogP contribution in [0, 0.1) is 6.92 Å². The zero-order valence-corrected chi connectivity index (χ0v) is 12.6. The van der Waals surface area contributed by atoms with Crippen LogP contribution in [0.2, 0.25) is 0 Å². The minimum atomic E-state index is 0. The van der Waals surface area contributed by atoms with Gasteiger partial charge in [0.1, 0.15) is 0 Å². The predicted molar refractivity (Wildman–Crippen MR) is 82.3 cm³/mol. The van der Waals surface area contributed by atoms with Gasteiger partial charge in [0.05, 0.1) is 6.61 Å². The van der Waals surface area contributed by atoms with E-state index in [1.807, 2.05) is 25.3 Å². The van der Waals surface area contributed by atoms with Gasteiger partial charge in [-0.1, -0.05) is 6.07 Å². The van der Waals surface area contributed by atoms with Crippen LogP contribution < -0.4 is 10.1 Å². The Morgan fingerprint density at radius 3 is 2.72 bits per heavy atom. The van der Waals surface area contributed by atoms with Crippen molar-refractivity contribution in [3.05, 3.63) is 23.9 Å². The molecule has 0 spiro atoms. The zero-order chi connectivity index (χ0) is 12.3. The lowest BCUT2D eigenvalue weighted by Crippen LogP contribution is -2.17. The lowest BCUT2D eigenvalue weighted by atomic mass is 10.2. The highest BCUT2D eigenvalue weighted by atomic mass is 35.5. The first-order chi connectivity index (χ1) is 8.33. The lowest BCUT2D eigenvalue weighted by Gasteiger charge is -2.05. The molecule has 3 nitrogen and oxygen atoms in total. The Hall–Kier alpha value is -0.450. The van der Waals surface area contributed by atoms with Gasteiger partial charge in [0.15, 0.2) is 0 Å². The fourth-order valence-electron chi connectivity index (χ4n) is 1.45. The number of thiol groups is 1. The van der Waals surface area contributed by atoms with E-state index in [9.17, 15) is 0 Å². The van der Waals surface area contributed by atoms with Crippen molar-refractivity contribution >= 4 is 25.0 Å². The Kier molecular flexibility index (Phi) is 11.3. The zero-order valence-electron chi connectivity index (χ0n) is 10.9. The molecule has 1 rings (SSSR count). The number of unbranched alkanes of at least 4 members (excludes halogenated alkanes) is 2. The van der Waals surface area contributed by atoms with Gasteiger partial charge in [-0.3, -0.25) is 0 Å². The van der Waals surface area contributed by atoms with Crippen LogP contribution >= 0.6 is 25.0 Å². The molecule has 0 saturated carbocycles. The van der Waals surface area contributed by atoms with E-state index in [1.165, 1.54) is 12.8 Å². The molecule has 104 valence electrons. The van der Waals surface area contributed by atoms with Crippen LogP contribution in [0.3, 0.4) is 0 Å². The third-order valence-electron chi connectivity index (χ3n) is 2.42. The molecule has 1 N–H and O–H groups in total. The van der Waals surface area contributed by atoms with E-state index in [0.29, 0.717) is 0 Å². The molecule has 1 heterocycles. The number of rotatable bonds is 9. The minimum Gasteiger partial charge on any atom is -0.478 e. The summed E-state index contributed by atoms with van der Waals surface area (Å²) in [6.07, 6.45) is 5.29. The molecule has 0 unspecified atom stereocenters. The molecule has 0 saturated heterocycles. The number of aryl methyl sites for hydroxylation is 1. The molecule has 18 heavy (non-hydrogen) atoms. The largest absolute Gasteiger partial charge is 0.478 e. The summed E-state index contributed by atoms with van der Waals surface area (Å²) in [5.41, 5.74) is 1.16. The summed E-state index contributed by atoms with van der Waals surface area (Å²) in [6.45, 7) is 4.84. The SMILES string of the molecule is Cc1ccc(OCCCCCNCCS)nc1.Cl. The summed E-state index contributed by atoms with van der Waals surface area (Å²) < 4.78 is 5.54. The van der Waals surface area contributed by atoms with Crippen LogP contribution in [0.4, 0.5) is 0 Å². The molecule has 0 aliphatic heterocycles. The minimum absolute atomic E-state index is 0. The van der Waals surface area contributed by atoms with Crippen LogP contribution in [-0.2, 0) is 0 Å². The summed E-state index contributed by atoms with van der Waals surface area (Å²) in [5, 5.41) is 3.32. The number of nitrogens with zero attached hydrogens (tertiary/aromatic N) is 1. The number of hydrogen-bond donors (Lipinski definition) is 2. The van der Waals surface area contributed by atoms with Gasteiger partial charge in [-0.05, 0) is 38.3 Å². The van der Waals surface area contributed by atoms with Gasteiger partial charge < -0.3 is 10.1 Å². The second-order valence-electron chi connectivity index (χ2n) is 4.06. The van der Waals surface area contributed by atoms with E-state index in [-0.39, 0.29) is 12.4 Å². The number of hydrogen-bond acceptors (Lipinski definition) is 4. The molecule has 0 aliphatic rings. The van der Waals surface area contributed by atoms with Gasteiger partial charge in [0.2, 0.25) is 5.88 Å². The highest BCUT2D eigenvalue weighted by Gasteiger charge is 1.95. The van der Waals surface area contributed by atoms with Crippen molar-refractivity contribution in [3.8, 4) is 5.88 Å². The number of ether oxygens (including phenoxy) is 1.